The minimum Gasteiger partial charge on any atom is -0.444 e. The molecular formula is C17H20BrNO2S. The molecule has 1 aliphatic rings. The summed E-state index contributed by atoms with van der Waals surface area (Å²) in [5.41, 5.74) is 0.837. The first-order valence-corrected chi connectivity index (χ1v) is 9.12. The summed E-state index contributed by atoms with van der Waals surface area (Å²) in [4.78, 5) is 15.6. The number of fused-ring (bicyclic) bond motifs is 3. The van der Waals surface area contributed by atoms with Gasteiger partial charge in [0.05, 0.1) is 6.54 Å². The van der Waals surface area contributed by atoms with E-state index in [1.165, 1.54) is 20.5 Å². The third-order valence-corrected chi connectivity index (χ3v) is 5.42. The van der Waals surface area contributed by atoms with Gasteiger partial charge in [-0.2, -0.15) is 0 Å². The van der Waals surface area contributed by atoms with Crippen molar-refractivity contribution in [2.24, 2.45) is 0 Å². The molecule has 1 amide bonds. The number of carbonyl (C=O) groups excluding carboxylic acids is 1. The van der Waals surface area contributed by atoms with Crippen LogP contribution in [0.25, 0.3) is 10.1 Å². The molecule has 0 N–H and O–H groups in total. The van der Waals surface area contributed by atoms with Gasteiger partial charge < -0.3 is 9.64 Å². The minimum absolute atomic E-state index is 0.211. The number of thiophene rings is 1. The molecule has 0 spiro atoms. The number of carbonyl (C=O) groups is 1. The van der Waals surface area contributed by atoms with Gasteiger partial charge in [-0.05, 0) is 56.7 Å². The van der Waals surface area contributed by atoms with Gasteiger partial charge in [0, 0.05) is 20.6 Å². The van der Waals surface area contributed by atoms with E-state index in [1.54, 1.807) is 0 Å². The van der Waals surface area contributed by atoms with Crippen LogP contribution in [0.3, 0.4) is 0 Å². The monoisotopic (exact) mass is 381 g/mol. The van der Waals surface area contributed by atoms with Gasteiger partial charge in [-0.1, -0.05) is 22.0 Å². The van der Waals surface area contributed by atoms with Gasteiger partial charge in [0.2, 0.25) is 0 Å². The maximum atomic E-state index is 12.4. The van der Waals surface area contributed by atoms with E-state index in [0.29, 0.717) is 6.54 Å². The highest BCUT2D eigenvalue weighted by Crippen LogP contribution is 2.36. The van der Waals surface area contributed by atoms with E-state index in [1.807, 2.05) is 37.0 Å². The number of aryl methyl sites for hydroxylation is 1. The van der Waals surface area contributed by atoms with E-state index < -0.39 is 5.60 Å². The maximum Gasteiger partial charge on any atom is 0.410 e. The maximum absolute atomic E-state index is 12.4. The van der Waals surface area contributed by atoms with E-state index in [2.05, 4.69) is 34.1 Å². The first-order chi connectivity index (χ1) is 10.3. The first kappa shape index (κ1) is 15.8. The van der Waals surface area contributed by atoms with E-state index in [9.17, 15) is 4.79 Å². The van der Waals surface area contributed by atoms with Crippen LogP contribution in [0, 0.1) is 0 Å². The normalized spacial score (nSPS) is 15.5. The number of amides is 1. The number of nitrogens with zero attached hydrogens (tertiary/aromatic N) is 1. The van der Waals surface area contributed by atoms with Crippen LogP contribution in [0.2, 0.25) is 0 Å². The Kier molecular flexibility index (Phi) is 4.21. The Labute approximate surface area is 143 Å². The molecule has 3 rings (SSSR count). The first-order valence-electron chi connectivity index (χ1n) is 7.51. The predicted octanol–water partition coefficient (Wildman–Crippen LogP) is 5.35. The number of hydrogen-bond acceptors (Lipinski definition) is 3. The Morgan fingerprint density at radius 3 is 2.86 bits per heavy atom. The zero-order valence-corrected chi connectivity index (χ0v) is 15.5. The van der Waals surface area contributed by atoms with E-state index >= 15 is 0 Å². The van der Waals surface area contributed by atoms with Gasteiger partial charge in [-0.15, -0.1) is 11.3 Å². The van der Waals surface area contributed by atoms with Crippen molar-refractivity contribution in [1.82, 2.24) is 4.90 Å². The van der Waals surface area contributed by atoms with Crippen molar-refractivity contribution < 1.29 is 9.53 Å². The number of halogens is 1. The van der Waals surface area contributed by atoms with Crippen molar-refractivity contribution in [2.45, 2.75) is 45.8 Å². The van der Waals surface area contributed by atoms with Crippen molar-refractivity contribution in [3.8, 4) is 0 Å². The van der Waals surface area contributed by atoms with Crippen LogP contribution in [0.1, 0.15) is 37.6 Å². The van der Waals surface area contributed by atoms with E-state index in [0.717, 1.165) is 23.9 Å². The second-order valence-electron chi connectivity index (χ2n) is 6.65. The molecule has 0 radical (unpaired) electrons. The van der Waals surface area contributed by atoms with Crippen molar-refractivity contribution in [3.05, 3.63) is 33.1 Å². The number of hydrogen-bond donors (Lipinski definition) is 0. The molecule has 5 heteroatoms. The quantitative estimate of drug-likeness (QED) is 0.615. The second-order valence-corrected chi connectivity index (χ2v) is 8.70. The second kappa shape index (κ2) is 5.85. The topological polar surface area (TPSA) is 29.5 Å². The van der Waals surface area contributed by atoms with Crippen molar-refractivity contribution in [2.75, 3.05) is 6.54 Å². The van der Waals surface area contributed by atoms with E-state index in [-0.39, 0.29) is 6.09 Å². The van der Waals surface area contributed by atoms with Crippen molar-refractivity contribution in [1.29, 1.82) is 0 Å². The van der Waals surface area contributed by atoms with Gasteiger partial charge in [-0.25, -0.2) is 4.79 Å². The molecule has 2 aromatic rings. The number of benzene rings is 1. The highest BCUT2D eigenvalue weighted by molar-refractivity contribution is 9.10. The fourth-order valence-electron chi connectivity index (χ4n) is 2.73. The van der Waals surface area contributed by atoms with Crippen LogP contribution >= 0.6 is 27.3 Å². The molecule has 2 heterocycles. The third-order valence-electron chi connectivity index (χ3n) is 3.67. The number of ether oxygens (including phenoxy) is 1. The zero-order valence-electron chi connectivity index (χ0n) is 13.1. The van der Waals surface area contributed by atoms with Crippen molar-refractivity contribution >= 4 is 43.4 Å². The summed E-state index contributed by atoms with van der Waals surface area (Å²) < 4.78 is 7.92. The molecule has 0 unspecified atom stereocenters. The summed E-state index contributed by atoms with van der Waals surface area (Å²) in [6.07, 6.45) is 1.81. The van der Waals surface area contributed by atoms with Gasteiger partial charge in [-0.3, -0.25) is 0 Å². The van der Waals surface area contributed by atoms with Crippen LogP contribution in [0.4, 0.5) is 4.79 Å². The summed E-state index contributed by atoms with van der Waals surface area (Å²) in [6.45, 7) is 7.13. The van der Waals surface area contributed by atoms with Crippen LogP contribution in [-0.2, 0) is 17.7 Å². The largest absolute Gasteiger partial charge is 0.444 e. The Bertz CT molecular complexity index is 717. The Morgan fingerprint density at radius 2 is 2.14 bits per heavy atom. The lowest BCUT2D eigenvalue weighted by Gasteiger charge is -2.26. The molecule has 0 fully saturated rings. The molecular weight excluding hydrogens is 362 g/mol. The molecule has 1 aromatic carbocycles. The molecule has 0 bridgehead atoms. The lowest BCUT2D eigenvalue weighted by Crippen LogP contribution is -2.36. The summed E-state index contributed by atoms with van der Waals surface area (Å²) in [5, 5.41) is 1.26. The van der Waals surface area contributed by atoms with Crippen molar-refractivity contribution in [3.63, 3.8) is 0 Å². The highest BCUT2D eigenvalue weighted by Gasteiger charge is 2.26. The van der Waals surface area contributed by atoms with Gasteiger partial charge in [0.25, 0.3) is 0 Å². The molecule has 0 aliphatic carbocycles. The van der Waals surface area contributed by atoms with Crippen LogP contribution in [-0.4, -0.2) is 23.1 Å². The van der Waals surface area contributed by atoms with E-state index in [4.69, 9.17) is 4.74 Å². The standard InChI is InChI=1S/C17H20BrNO2S/c1-17(2,3)21-16(20)19-8-4-5-14-13(10-19)12-7-6-11(18)9-15(12)22-14/h6-7,9H,4-5,8,10H2,1-3H3. The Hall–Kier alpha value is -1.07. The minimum atomic E-state index is -0.451. The van der Waals surface area contributed by atoms with Gasteiger partial charge >= 0.3 is 6.09 Å². The molecule has 1 aliphatic heterocycles. The number of rotatable bonds is 0. The average Bonchev–Trinajstić information content (AvgIpc) is 2.60. The highest BCUT2D eigenvalue weighted by atomic mass is 79.9. The third kappa shape index (κ3) is 3.30. The summed E-state index contributed by atoms with van der Waals surface area (Å²) in [5.74, 6) is 0. The molecule has 0 saturated heterocycles. The van der Waals surface area contributed by atoms with Crippen LogP contribution < -0.4 is 0 Å². The van der Waals surface area contributed by atoms with Gasteiger partial charge in [0.15, 0.2) is 0 Å². The summed E-state index contributed by atoms with van der Waals surface area (Å²) >= 11 is 5.38. The summed E-state index contributed by atoms with van der Waals surface area (Å²) in [7, 11) is 0. The van der Waals surface area contributed by atoms with Crippen LogP contribution in [0.15, 0.2) is 22.7 Å². The fraction of sp³-hybridized carbons (Fsp3) is 0.471. The molecule has 22 heavy (non-hydrogen) atoms. The summed E-state index contributed by atoms with van der Waals surface area (Å²) in [6, 6.07) is 6.37. The molecule has 3 nitrogen and oxygen atoms in total. The Morgan fingerprint density at radius 1 is 1.36 bits per heavy atom. The van der Waals surface area contributed by atoms with Crippen LogP contribution in [0.5, 0.6) is 0 Å². The Balaban J connectivity index is 1.91. The lowest BCUT2D eigenvalue weighted by atomic mass is 10.1. The zero-order chi connectivity index (χ0) is 15.9. The lowest BCUT2D eigenvalue weighted by molar-refractivity contribution is 0.0237. The smallest absolute Gasteiger partial charge is 0.410 e. The predicted molar refractivity (Wildman–Crippen MR) is 94.5 cm³/mol. The molecule has 0 saturated carbocycles. The SMILES string of the molecule is CC(C)(C)OC(=O)N1CCCc2sc3cc(Br)ccc3c2C1. The fourth-order valence-corrected chi connectivity index (χ4v) is 4.54. The van der Waals surface area contributed by atoms with Gasteiger partial charge in [0.1, 0.15) is 5.60 Å². The average molecular weight is 382 g/mol. The molecule has 0 atom stereocenters. The molecule has 118 valence electrons. The molecule has 1 aromatic heterocycles.